The highest BCUT2D eigenvalue weighted by Crippen LogP contribution is 2.31. The van der Waals surface area contributed by atoms with Gasteiger partial charge in [-0.05, 0) is 36.4 Å². The van der Waals surface area contributed by atoms with Crippen LogP contribution in [0, 0.1) is 0 Å². The van der Waals surface area contributed by atoms with Gasteiger partial charge in [0.2, 0.25) is 0 Å². The topological polar surface area (TPSA) is 69.1 Å². The lowest BCUT2D eigenvalue weighted by Crippen LogP contribution is -2.48. The number of hydrogen-bond acceptors (Lipinski definition) is 7. The van der Waals surface area contributed by atoms with Crippen molar-refractivity contribution >= 4 is 0 Å². The second-order valence-electron chi connectivity index (χ2n) is 7.89. The van der Waals surface area contributed by atoms with E-state index in [2.05, 4.69) is 14.9 Å². The fraction of sp³-hybridized carbons (Fsp3) is 0.360. The van der Waals surface area contributed by atoms with E-state index in [1.165, 1.54) is 4.68 Å². The Morgan fingerprint density at radius 2 is 1.58 bits per heavy atom. The zero-order valence-corrected chi connectivity index (χ0v) is 19.1. The van der Waals surface area contributed by atoms with Crippen LogP contribution >= 0.6 is 0 Å². The molecule has 1 aliphatic rings. The molecule has 1 fully saturated rings. The van der Waals surface area contributed by atoms with E-state index in [1.54, 1.807) is 26.4 Å². The van der Waals surface area contributed by atoms with E-state index >= 15 is 0 Å². The predicted molar refractivity (Wildman–Crippen MR) is 127 cm³/mol. The number of ether oxygens (including phenoxy) is 3. The molecule has 8 heteroatoms. The van der Waals surface area contributed by atoms with Gasteiger partial charge < -0.3 is 14.2 Å². The Balaban J connectivity index is 1.33. The standard InChI is InChI=1S/C25H30N4O4/c1-31-23-10-8-20(18-24(23)32-2)22-9-11-25(30)29(26-22)19-28-14-12-27(13-15-28)16-17-33-21-6-4-3-5-7-21/h3-11,18H,12-17,19H2,1-2H3. The van der Waals surface area contributed by atoms with Crippen molar-refractivity contribution in [2.24, 2.45) is 0 Å². The third-order valence-electron chi connectivity index (χ3n) is 5.76. The van der Waals surface area contributed by atoms with Crippen LogP contribution < -0.4 is 19.8 Å². The van der Waals surface area contributed by atoms with Crippen molar-refractivity contribution in [1.82, 2.24) is 19.6 Å². The van der Waals surface area contributed by atoms with Gasteiger partial charge in [-0.15, -0.1) is 0 Å². The fourth-order valence-electron chi connectivity index (χ4n) is 3.85. The molecule has 0 atom stereocenters. The lowest BCUT2D eigenvalue weighted by Gasteiger charge is -2.34. The lowest BCUT2D eigenvalue weighted by atomic mass is 10.1. The molecule has 0 saturated carbocycles. The van der Waals surface area contributed by atoms with Crippen LogP contribution in [0.1, 0.15) is 0 Å². The van der Waals surface area contributed by atoms with Gasteiger partial charge in [0.15, 0.2) is 11.5 Å². The van der Waals surface area contributed by atoms with Crippen LogP contribution in [0.25, 0.3) is 11.3 Å². The molecule has 0 radical (unpaired) electrons. The van der Waals surface area contributed by atoms with Gasteiger partial charge in [0.25, 0.3) is 5.56 Å². The maximum atomic E-state index is 12.4. The molecule has 3 aromatic rings. The first-order valence-electron chi connectivity index (χ1n) is 11.1. The average Bonchev–Trinajstić information content (AvgIpc) is 2.86. The van der Waals surface area contributed by atoms with E-state index < -0.39 is 0 Å². The van der Waals surface area contributed by atoms with Crippen molar-refractivity contribution in [3.05, 3.63) is 71.0 Å². The zero-order valence-electron chi connectivity index (χ0n) is 19.1. The smallest absolute Gasteiger partial charge is 0.268 e. The molecule has 0 unspecified atom stereocenters. The molecular weight excluding hydrogens is 420 g/mol. The van der Waals surface area contributed by atoms with E-state index in [-0.39, 0.29) is 5.56 Å². The Labute approximate surface area is 193 Å². The molecule has 2 aromatic carbocycles. The molecular formula is C25H30N4O4. The quantitative estimate of drug-likeness (QED) is 0.496. The van der Waals surface area contributed by atoms with Gasteiger partial charge in [-0.2, -0.15) is 5.10 Å². The number of aromatic nitrogens is 2. The largest absolute Gasteiger partial charge is 0.493 e. The van der Waals surface area contributed by atoms with Crippen LogP contribution in [0.5, 0.6) is 17.2 Å². The Morgan fingerprint density at radius 3 is 2.30 bits per heavy atom. The van der Waals surface area contributed by atoms with Crippen molar-refractivity contribution in [2.75, 3.05) is 53.6 Å². The molecule has 4 rings (SSSR count). The van der Waals surface area contributed by atoms with Crippen LogP contribution in [0.4, 0.5) is 0 Å². The monoisotopic (exact) mass is 450 g/mol. The maximum absolute atomic E-state index is 12.4. The molecule has 0 aliphatic carbocycles. The van der Waals surface area contributed by atoms with Crippen molar-refractivity contribution in [1.29, 1.82) is 0 Å². The fourth-order valence-corrected chi connectivity index (χ4v) is 3.85. The molecule has 1 saturated heterocycles. The summed E-state index contributed by atoms with van der Waals surface area (Å²) in [5, 5.41) is 4.60. The summed E-state index contributed by atoms with van der Waals surface area (Å²) < 4.78 is 18.0. The minimum atomic E-state index is -0.113. The van der Waals surface area contributed by atoms with E-state index in [0.717, 1.165) is 44.0 Å². The SMILES string of the molecule is COc1ccc(-c2ccc(=O)n(CN3CCN(CCOc4ccccc4)CC3)n2)cc1OC. The van der Waals surface area contributed by atoms with Gasteiger partial charge in [-0.25, -0.2) is 4.68 Å². The molecule has 1 aliphatic heterocycles. The Morgan fingerprint density at radius 1 is 0.848 bits per heavy atom. The minimum Gasteiger partial charge on any atom is -0.493 e. The maximum Gasteiger partial charge on any atom is 0.268 e. The van der Waals surface area contributed by atoms with Crippen LogP contribution in [0.2, 0.25) is 0 Å². The summed E-state index contributed by atoms with van der Waals surface area (Å²) in [6, 6.07) is 18.8. The normalized spacial score (nSPS) is 14.7. The summed E-state index contributed by atoms with van der Waals surface area (Å²) in [7, 11) is 3.20. The highest BCUT2D eigenvalue weighted by Gasteiger charge is 2.18. The van der Waals surface area contributed by atoms with Gasteiger partial charge in [-0.1, -0.05) is 18.2 Å². The molecule has 0 bridgehead atoms. The number of nitrogens with zero attached hydrogens (tertiary/aromatic N) is 4. The third kappa shape index (κ3) is 5.91. The van der Waals surface area contributed by atoms with Crippen LogP contribution in [0.15, 0.2) is 65.5 Å². The number of para-hydroxylation sites is 1. The summed E-state index contributed by atoms with van der Waals surface area (Å²) in [5.41, 5.74) is 1.47. The summed E-state index contributed by atoms with van der Waals surface area (Å²) >= 11 is 0. The molecule has 0 N–H and O–H groups in total. The number of hydrogen-bond donors (Lipinski definition) is 0. The lowest BCUT2D eigenvalue weighted by molar-refractivity contribution is 0.0912. The third-order valence-corrected chi connectivity index (χ3v) is 5.76. The number of benzene rings is 2. The molecule has 8 nitrogen and oxygen atoms in total. The summed E-state index contributed by atoms with van der Waals surface area (Å²) in [6.07, 6.45) is 0. The molecule has 2 heterocycles. The Kier molecular flexibility index (Phi) is 7.59. The zero-order chi connectivity index (χ0) is 23.0. The first kappa shape index (κ1) is 22.8. The predicted octanol–water partition coefficient (Wildman–Crippen LogP) is 2.58. The highest BCUT2D eigenvalue weighted by atomic mass is 16.5. The van der Waals surface area contributed by atoms with E-state index in [1.807, 2.05) is 48.5 Å². The van der Waals surface area contributed by atoms with E-state index in [9.17, 15) is 4.79 Å². The average molecular weight is 451 g/mol. The van der Waals surface area contributed by atoms with E-state index in [0.29, 0.717) is 30.5 Å². The van der Waals surface area contributed by atoms with Gasteiger partial charge in [-0.3, -0.25) is 14.6 Å². The van der Waals surface area contributed by atoms with Crippen LogP contribution in [-0.4, -0.2) is 73.1 Å². The molecule has 0 spiro atoms. The molecule has 33 heavy (non-hydrogen) atoms. The first-order chi connectivity index (χ1) is 16.2. The van der Waals surface area contributed by atoms with Crippen molar-refractivity contribution in [3.63, 3.8) is 0 Å². The summed E-state index contributed by atoms with van der Waals surface area (Å²) in [5.74, 6) is 2.18. The van der Waals surface area contributed by atoms with Crippen LogP contribution in [0.3, 0.4) is 0 Å². The Bertz CT molecular complexity index is 1100. The van der Waals surface area contributed by atoms with Crippen molar-refractivity contribution < 1.29 is 14.2 Å². The molecule has 1 aromatic heterocycles. The second-order valence-corrected chi connectivity index (χ2v) is 7.89. The summed E-state index contributed by atoms with van der Waals surface area (Å²) in [6.45, 7) is 5.63. The van der Waals surface area contributed by atoms with Gasteiger partial charge in [0.1, 0.15) is 12.4 Å². The van der Waals surface area contributed by atoms with E-state index in [4.69, 9.17) is 14.2 Å². The Hall–Kier alpha value is -3.36. The van der Waals surface area contributed by atoms with Gasteiger partial charge >= 0.3 is 0 Å². The number of methoxy groups -OCH3 is 2. The molecule has 0 amide bonds. The first-order valence-corrected chi connectivity index (χ1v) is 11.1. The number of piperazine rings is 1. The van der Waals surface area contributed by atoms with Crippen molar-refractivity contribution in [3.8, 4) is 28.5 Å². The van der Waals surface area contributed by atoms with Gasteiger partial charge in [0.05, 0.1) is 26.6 Å². The minimum absolute atomic E-state index is 0.113. The number of rotatable bonds is 9. The van der Waals surface area contributed by atoms with Gasteiger partial charge in [0, 0.05) is 44.4 Å². The van der Waals surface area contributed by atoms with Crippen LogP contribution in [-0.2, 0) is 6.67 Å². The highest BCUT2D eigenvalue weighted by molar-refractivity contribution is 5.63. The van der Waals surface area contributed by atoms with Crippen molar-refractivity contribution in [2.45, 2.75) is 6.67 Å². The molecule has 174 valence electrons. The summed E-state index contributed by atoms with van der Waals surface area (Å²) in [4.78, 5) is 17.1. The second kappa shape index (κ2) is 11.0.